The summed E-state index contributed by atoms with van der Waals surface area (Å²) in [5, 5.41) is 0.596. The molecular weight excluding hydrogens is 386 g/mol. The van der Waals surface area contributed by atoms with Crippen LogP contribution in [0.2, 0.25) is 0 Å². The molecule has 8 nitrogen and oxygen atoms in total. The van der Waals surface area contributed by atoms with Crippen molar-refractivity contribution in [3.63, 3.8) is 0 Å². The van der Waals surface area contributed by atoms with Crippen LogP contribution in [0, 0.1) is 0 Å². The predicted octanol–water partition coefficient (Wildman–Crippen LogP) is 2.27. The average molecular weight is 403 g/mol. The van der Waals surface area contributed by atoms with E-state index in [4.69, 9.17) is 10.2 Å². The minimum absolute atomic E-state index is 0.0357. The fourth-order valence-corrected chi connectivity index (χ4v) is 5.41. The van der Waals surface area contributed by atoms with E-state index in [9.17, 15) is 8.42 Å². The molecule has 1 aliphatic rings. The highest BCUT2D eigenvalue weighted by atomic mass is 32.2. The van der Waals surface area contributed by atoms with Crippen molar-refractivity contribution in [1.82, 2.24) is 14.3 Å². The molecule has 0 spiro atoms. The van der Waals surface area contributed by atoms with Gasteiger partial charge in [0.05, 0.1) is 11.1 Å². The molecule has 1 unspecified atom stereocenters. The van der Waals surface area contributed by atoms with E-state index in [-0.39, 0.29) is 11.7 Å². The fraction of sp³-hybridized carbons (Fsp3) is 0.235. The molecule has 2 N–H and O–H groups in total. The van der Waals surface area contributed by atoms with Crippen LogP contribution >= 0.6 is 11.3 Å². The van der Waals surface area contributed by atoms with Crippen molar-refractivity contribution in [2.24, 2.45) is 10.7 Å². The Hall–Kier alpha value is -2.72. The molecule has 1 aromatic carbocycles. The highest BCUT2D eigenvalue weighted by molar-refractivity contribution is 7.89. The Morgan fingerprint density at radius 1 is 1.30 bits per heavy atom. The number of oxazole rings is 1. The second kappa shape index (κ2) is 6.17. The summed E-state index contributed by atoms with van der Waals surface area (Å²) in [6.45, 7) is 1.73. The van der Waals surface area contributed by atoms with Gasteiger partial charge in [-0.2, -0.15) is 0 Å². The van der Waals surface area contributed by atoms with Crippen molar-refractivity contribution in [3.8, 4) is 21.9 Å². The molecule has 0 radical (unpaired) electrons. The molecule has 0 amide bonds. The third-order valence-corrected chi connectivity index (χ3v) is 7.61. The number of hydrogen-bond acceptors (Lipinski definition) is 8. The Labute approximate surface area is 160 Å². The molecule has 1 atom stereocenters. The van der Waals surface area contributed by atoms with Gasteiger partial charge >= 0.3 is 0 Å². The first-order chi connectivity index (χ1) is 12.8. The van der Waals surface area contributed by atoms with Crippen molar-refractivity contribution in [2.45, 2.75) is 12.5 Å². The van der Waals surface area contributed by atoms with Gasteiger partial charge in [-0.15, -0.1) is 11.3 Å². The maximum absolute atomic E-state index is 12.4. The Morgan fingerprint density at radius 3 is 2.78 bits per heavy atom. The summed E-state index contributed by atoms with van der Waals surface area (Å²) in [6.07, 6.45) is 4.84. The van der Waals surface area contributed by atoms with E-state index in [1.807, 2.05) is 24.3 Å². The molecule has 2 aromatic heterocycles. The van der Waals surface area contributed by atoms with Crippen LogP contribution < -0.4 is 5.73 Å². The lowest BCUT2D eigenvalue weighted by molar-refractivity contribution is 0.475. The van der Waals surface area contributed by atoms with E-state index >= 15 is 0 Å². The third kappa shape index (κ3) is 3.10. The second-order valence-electron chi connectivity index (χ2n) is 6.42. The molecule has 0 fully saturated rings. The monoisotopic (exact) mass is 403 g/mol. The molecule has 3 heterocycles. The molecule has 0 saturated heterocycles. The van der Waals surface area contributed by atoms with Gasteiger partial charge in [-0.25, -0.2) is 27.7 Å². The van der Waals surface area contributed by atoms with Crippen LogP contribution in [-0.2, 0) is 15.6 Å². The summed E-state index contributed by atoms with van der Waals surface area (Å²) in [7, 11) is -2.14. The molecule has 4 rings (SSSR count). The molecule has 140 valence electrons. The molecular formula is C17H17N5O3S2. The lowest BCUT2D eigenvalue weighted by atomic mass is 10.1. The highest BCUT2D eigenvalue weighted by Crippen LogP contribution is 2.38. The second-order valence-corrected chi connectivity index (χ2v) is 9.45. The van der Waals surface area contributed by atoms with Crippen LogP contribution in [0.3, 0.4) is 0 Å². The Kier molecular flexibility index (Phi) is 4.04. The summed E-state index contributed by atoms with van der Waals surface area (Å²) in [4.78, 5) is 13.9. The molecule has 0 bridgehead atoms. The van der Waals surface area contributed by atoms with Crippen LogP contribution in [-0.4, -0.2) is 41.5 Å². The topological polar surface area (TPSA) is 115 Å². The number of benzene rings is 1. The Bertz CT molecular complexity index is 1120. The number of nitrogens with two attached hydrogens (primary N) is 1. The van der Waals surface area contributed by atoms with Gasteiger partial charge in [0.15, 0.2) is 0 Å². The van der Waals surface area contributed by atoms with Crippen molar-refractivity contribution in [1.29, 1.82) is 0 Å². The van der Waals surface area contributed by atoms with Gasteiger partial charge in [-0.1, -0.05) is 12.1 Å². The minimum atomic E-state index is -3.53. The van der Waals surface area contributed by atoms with Gasteiger partial charge in [0.2, 0.25) is 21.9 Å². The van der Waals surface area contributed by atoms with Gasteiger partial charge in [0.25, 0.3) is 0 Å². The van der Waals surface area contributed by atoms with Gasteiger partial charge < -0.3 is 10.2 Å². The zero-order chi connectivity index (χ0) is 19.2. The number of hydrogen-bond donors (Lipinski definition) is 1. The van der Waals surface area contributed by atoms with Crippen LogP contribution in [0.1, 0.15) is 11.9 Å². The molecule has 0 saturated carbocycles. The predicted molar refractivity (Wildman–Crippen MR) is 104 cm³/mol. The van der Waals surface area contributed by atoms with Crippen molar-refractivity contribution >= 4 is 27.3 Å². The lowest BCUT2D eigenvalue weighted by Gasteiger charge is -2.32. The summed E-state index contributed by atoms with van der Waals surface area (Å²) in [5.41, 5.74) is 6.59. The molecule has 10 heteroatoms. The SMILES string of the molecule is CN1C(N)=NC(C)(c2ncc(-c3cccc(-c4ncco4)c3)s2)CS1(=O)=O. The average Bonchev–Trinajstić information content (AvgIpc) is 3.31. The molecule has 27 heavy (non-hydrogen) atoms. The maximum Gasteiger partial charge on any atom is 0.239 e. The number of aromatic nitrogens is 2. The molecule has 0 aliphatic carbocycles. The van der Waals surface area contributed by atoms with Crippen LogP contribution in [0.5, 0.6) is 0 Å². The van der Waals surface area contributed by atoms with Gasteiger partial charge in [-0.05, 0) is 24.6 Å². The van der Waals surface area contributed by atoms with Crippen LogP contribution in [0.15, 0.2) is 52.3 Å². The summed E-state index contributed by atoms with van der Waals surface area (Å²) in [5.74, 6) is 0.319. The number of sulfonamides is 1. The van der Waals surface area contributed by atoms with Crippen molar-refractivity contribution < 1.29 is 12.8 Å². The Balaban J connectivity index is 1.72. The van der Waals surface area contributed by atoms with E-state index < -0.39 is 15.6 Å². The largest absolute Gasteiger partial charge is 0.445 e. The van der Waals surface area contributed by atoms with Crippen LogP contribution in [0.4, 0.5) is 0 Å². The summed E-state index contributed by atoms with van der Waals surface area (Å²) >= 11 is 1.39. The first-order valence-electron chi connectivity index (χ1n) is 8.07. The number of rotatable bonds is 3. The van der Waals surface area contributed by atoms with Gasteiger partial charge in [0, 0.05) is 18.8 Å². The number of thiazole rings is 1. The molecule has 1 aliphatic heterocycles. The highest BCUT2D eigenvalue weighted by Gasteiger charge is 2.42. The maximum atomic E-state index is 12.4. The van der Waals surface area contributed by atoms with E-state index in [2.05, 4.69) is 15.0 Å². The normalized spacial score (nSPS) is 21.9. The van der Waals surface area contributed by atoms with Gasteiger partial charge in [0.1, 0.15) is 22.6 Å². The number of guanidine groups is 1. The van der Waals surface area contributed by atoms with E-state index in [0.29, 0.717) is 10.9 Å². The molecule has 3 aromatic rings. The Morgan fingerprint density at radius 2 is 2.07 bits per heavy atom. The number of aliphatic imine (C=N–C) groups is 1. The number of nitrogens with zero attached hydrogens (tertiary/aromatic N) is 4. The standard InChI is InChI=1S/C17H17N5O3S2/c1-17(10-27(23,24)22(2)16(18)21-17)15-20-9-13(26-15)11-4-3-5-12(8-11)14-19-6-7-25-14/h3-9H,10H2,1-2H3,(H2,18,21). The first kappa shape index (κ1) is 17.7. The minimum Gasteiger partial charge on any atom is -0.445 e. The summed E-state index contributed by atoms with van der Waals surface area (Å²) in [6, 6.07) is 7.73. The van der Waals surface area contributed by atoms with Crippen molar-refractivity contribution in [3.05, 3.63) is 47.9 Å². The third-order valence-electron chi connectivity index (χ3n) is 4.36. The van der Waals surface area contributed by atoms with E-state index in [0.717, 1.165) is 20.3 Å². The first-order valence-corrected chi connectivity index (χ1v) is 10.5. The zero-order valence-corrected chi connectivity index (χ0v) is 16.3. The van der Waals surface area contributed by atoms with Gasteiger partial charge in [-0.3, -0.25) is 0 Å². The van der Waals surface area contributed by atoms with E-state index in [1.54, 1.807) is 19.3 Å². The van der Waals surface area contributed by atoms with Crippen molar-refractivity contribution in [2.75, 3.05) is 12.8 Å². The van der Waals surface area contributed by atoms with E-state index in [1.165, 1.54) is 24.6 Å². The smallest absolute Gasteiger partial charge is 0.239 e. The summed E-state index contributed by atoms with van der Waals surface area (Å²) < 4.78 is 31.1. The lowest BCUT2D eigenvalue weighted by Crippen LogP contribution is -2.50. The van der Waals surface area contributed by atoms with Crippen LogP contribution in [0.25, 0.3) is 21.9 Å². The fourth-order valence-electron chi connectivity index (χ4n) is 2.89. The zero-order valence-electron chi connectivity index (χ0n) is 14.7. The quantitative estimate of drug-likeness (QED) is 0.717.